The predicted octanol–water partition coefficient (Wildman–Crippen LogP) is 1.03. The molecule has 0 aliphatic heterocycles. The van der Waals surface area contributed by atoms with Crippen molar-refractivity contribution >= 4 is 21.6 Å². The first kappa shape index (κ1) is 15.2. The summed E-state index contributed by atoms with van der Waals surface area (Å²) in [5.41, 5.74) is 0.792. The SMILES string of the molecule is CC(C)S(=O)(=O)CC(=O)Nc1cn(-c2ccccc2)nn1. The zero-order chi connectivity index (χ0) is 15.5. The lowest BCUT2D eigenvalue weighted by Crippen LogP contribution is -2.28. The first-order chi connectivity index (χ1) is 9.88. The van der Waals surface area contributed by atoms with Crippen LogP contribution in [0.15, 0.2) is 36.5 Å². The van der Waals surface area contributed by atoms with Gasteiger partial charge in [-0.05, 0) is 26.0 Å². The minimum absolute atomic E-state index is 0.211. The normalized spacial score (nSPS) is 11.6. The Morgan fingerprint density at radius 3 is 2.57 bits per heavy atom. The van der Waals surface area contributed by atoms with E-state index in [1.165, 1.54) is 24.7 Å². The van der Waals surface area contributed by atoms with Gasteiger partial charge in [-0.1, -0.05) is 23.4 Å². The van der Waals surface area contributed by atoms with Crippen LogP contribution in [0.1, 0.15) is 13.8 Å². The van der Waals surface area contributed by atoms with Crippen molar-refractivity contribution in [2.75, 3.05) is 11.1 Å². The molecule has 7 nitrogen and oxygen atoms in total. The van der Waals surface area contributed by atoms with Crippen LogP contribution in [0, 0.1) is 0 Å². The average Bonchev–Trinajstić information content (AvgIpc) is 2.87. The fourth-order valence-corrected chi connectivity index (χ4v) is 2.33. The first-order valence-corrected chi connectivity index (χ1v) is 8.09. The van der Waals surface area contributed by atoms with Crippen LogP contribution in [0.2, 0.25) is 0 Å². The van der Waals surface area contributed by atoms with E-state index in [0.717, 1.165) is 5.69 Å². The Bertz CT molecular complexity index is 723. The molecule has 8 heteroatoms. The number of para-hydroxylation sites is 1. The molecule has 21 heavy (non-hydrogen) atoms. The van der Waals surface area contributed by atoms with E-state index in [0.29, 0.717) is 0 Å². The molecule has 0 bridgehead atoms. The fraction of sp³-hybridized carbons (Fsp3) is 0.308. The van der Waals surface area contributed by atoms with Gasteiger partial charge in [0.15, 0.2) is 15.7 Å². The quantitative estimate of drug-likeness (QED) is 0.890. The lowest BCUT2D eigenvalue weighted by Gasteiger charge is -2.06. The Balaban J connectivity index is 2.05. The highest BCUT2D eigenvalue weighted by molar-refractivity contribution is 7.92. The van der Waals surface area contributed by atoms with Crippen molar-refractivity contribution in [1.29, 1.82) is 0 Å². The van der Waals surface area contributed by atoms with Crippen molar-refractivity contribution in [3.63, 3.8) is 0 Å². The molecule has 1 N–H and O–H groups in total. The number of benzene rings is 1. The molecule has 0 aliphatic rings. The van der Waals surface area contributed by atoms with Gasteiger partial charge in [0, 0.05) is 0 Å². The Morgan fingerprint density at radius 2 is 1.95 bits per heavy atom. The fourth-order valence-electron chi connectivity index (χ4n) is 1.56. The van der Waals surface area contributed by atoms with Crippen molar-refractivity contribution in [2.45, 2.75) is 19.1 Å². The van der Waals surface area contributed by atoms with E-state index >= 15 is 0 Å². The second kappa shape index (κ2) is 6.04. The monoisotopic (exact) mass is 308 g/mol. The second-order valence-corrected chi connectivity index (χ2v) is 7.35. The summed E-state index contributed by atoms with van der Waals surface area (Å²) < 4.78 is 24.8. The number of carbonyl (C=O) groups is 1. The van der Waals surface area contributed by atoms with Crippen LogP contribution in [0.25, 0.3) is 5.69 Å². The number of rotatable bonds is 5. The molecule has 0 radical (unpaired) electrons. The highest BCUT2D eigenvalue weighted by atomic mass is 32.2. The molecule has 1 amide bonds. The minimum Gasteiger partial charge on any atom is -0.307 e. The van der Waals surface area contributed by atoms with Gasteiger partial charge in [-0.3, -0.25) is 4.79 Å². The molecule has 1 aromatic heterocycles. The molecule has 0 saturated carbocycles. The topological polar surface area (TPSA) is 94.0 Å². The summed E-state index contributed by atoms with van der Waals surface area (Å²) in [5, 5.41) is 9.50. The van der Waals surface area contributed by atoms with E-state index in [-0.39, 0.29) is 5.82 Å². The molecule has 0 unspecified atom stereocenters. The van der Waals surface area contributed by atoms with Gasteiger partial charge >= 0.3 is 0 Å². The number of amides is 1. The van der Waals surface area contributed by atoms with Crippen LogP contribution in [-0.4, -0.2) is 40.3 Å². The molecular formula is C13H16N4O3S. The van der Waals surface area contributed by atoms with Gasteiger partial charge in [-0.25, -0.2) is 13.1 Å². The largest absolute Gasteiger partial charge is 0.307 e. The third kappa shape index (κ3) is 3.88. The molecular weight excluding hydrogens is 292 g/mol. The van der Waals surface area contributed by atoms with Crippen molar-refractivity contribution in [1.82, 2.24) is 15.0 Å². The number of sulfone groups is 1. The predicted molar refractivity (Wildman–Crippen MR) is 78.9 cm³/mol. The number of hydrogen-bond donors (Lipinski definition) is 1. The standard InChI is InChI=1S/C13H16N4O3S/c1-10(2)21(19,20)9-13(18)14-12-8-17(16-15-12)11-6-4-3-5-7-11/h3-8,10H,9H2,1-2H3,(H,14,18). The number of aromatic nitrogens is 3. The first-order valence-electron chi connectivity index (χ1n) is 6.37. The van der Waals surface area contributed by atoms with Crippen molar-refractivity contribution in [3.8, 4) is 5.69 Å². The Labute approximate surface area is 122 Å². The molecule has 0 spiro atoms. The van der Waals surface area contributed by atoms with E-state index in [4.69, 9.17) is 0 Å². The molecule has 1 heterocycles. The van der Waals surface area contributed by atoms with E-state index in [2.05, 4.69) is 15.6 Å². The van der Waals surface area contributed by atoms with Crippen LogP contribution >= 0.6 is 0 Å². The Kier molecular flexibility index (Phi) is 4.37. The maximum atomic E-state index is 11.7. The Hall–Kier alpha value is -2.22. The summed E-state index contributed by atoms with van der Waals surface area (Å²) in [6.45, 7) is 3.07. The molecule has 0 saturated heterocycles. The van der Waals surface area contributed by atoms with Crippen LogP contribution < -0.4 is 5.32 Å². The van der Waals surface area contributed by atoms with Crippen LogP contribution in [-0.2, 0) is 14.6 Å². The summed E-state index contributed by atoms with van der Waals surface area (Å²) in [5.74, 6) is -0.977. The van der Waals surface area contributed by atoms with Gasteiger partial charge in [0.2, 0.25) is 5.91 Å². The number of anilines is 1. The Morgan fingerprint density at radius 1 is 1.29 bits per heavy atom. The summed E-state index contributed by atoms with van der Waals surface area (Å²) in [7, 11) is -3.43. The average molecular weight is 308 g/mol. The number of nitrogens with zero attached hydrogens (tertiary/aromatic N) is 3. The maximum absolute atomic E-state index is 11.7. The molecule has 0 aliphatic carbocycles. The van der Waals surface area contributed by atoms with Gasteiger partial charge in [-0.15, -0.1) is 5.10 Å². The zero-order valence-electron chi connectivity index (χ0n) is 11.7. The molecule has 2 rings (SSSR count). The summed E-state index contributed by atoms with van der Waals surface area (Å²) >= 11 is 0. The maximum Gasteiger partial charge on any atom is 0.240 e. The minimum atomic E-state index is -3.43. The van der Waals surface area contributed by atoms with Gasteiger partial charge < -0.3 is 5.32 Å². The van der Waals surface area contributed by atoms with Gasteiger partial charge in [-0.2, -0.15) is 0 Å². The molecule has 0 atom stereocenters. The van der Waals surface area contributed by atoms with Crippen LogP contribution in [0.3, 0.4) is 0 Å². The molecule has 1 aromatic carbocycles. The number of carbonyl (C=O) groups excluding carboxylic acids is 1. The summed E-state index contributed by atoms with van der Waals surface area (Å²) in [6, 6.07) is 9.25. The molecule has 2 aromatic rings. The summed E-state index contributed by atoms with van der Waals surface area (Å²) in [4.78, 5) is 11.7. The van der Waals surface area contributed by atoms with Gasteiger partial charge in [0.1, 0.15) is 5.75 Å². The van der Waals surface area contributed by atoms with Gasteiger partial charge in [0.05, 0.1) is 17.1 Å². The number of nitrogens with one attached hydrogen (secondary N) is 1. The molecule has 0 fully saturated rings. The van der Waals surface area contributed by atoms with Crippen molar-refractivity contribution in [2.24, 2.45) is 0 Å². The lowest BCUT2D eigenvalue weighted by atomic mass is 10.3. The van der Waals surface area contributed by atoms with E-state index in [9.17, 15) is 13.2 Å². The highest BCUT2D eigenvalue weighted by Crippen LogP contribution is 2.09. The zero-order valence-corrected chi connectivity index (χ0v) is 12.5. The van der Waals surface area contributed by atoms with Crippen LogP contribution in [0.5, 0.6) is 0 Å². The highest BCUT2D eigenvalue weighted by Gasteiger charge is 2.21. The molecule has 112 valence electrons. The lowest BCUT2D eigenvalue weighted by molar-refractivity contribution is -0.113. The number of hydrogen-bond acceptors (Lipinski definition) is 5. The third-order valence-corrected chi connectivity index (χ3v) is 4.93. The van der Waals surface area contributed by atoms with Crippen LogP contribution in [0.4, 0.5) is 5.82 Å². The second-order valence-electron chi connectivity index (χ2n) is 4.79. The van der Waals surface area contributed by atoms with Crippen molar-refractivity contribution < 1.29 is 13.2 Å². The van der Waals surface area contributed by atoms with Gasteiger partial charge in [0.25, 0.3) is 0 Å². The van der Waals surface area contributed by atoms with E-state index in [1.807, 2.05) is 30.3 Å². The smallest absolute Gasteiger partial charge is 0.240 e. The third-order valence-electron chi connectivity index (χ3n) is 2.83. The van der Waals surface area contributed by atoms with Crippen molar-refractivity contribution in [3.05, 3.63) is 36.5 Å². The summed E-state index contributed by atoms with van der Waals surface area (Å²) in [6.07, 6.45) is 1.52. The van der Waals surface area contributed by atoms with E-state index < -0.39 is 26.7 Å². The van der Waals surface area contributed by atoms with E-state index in [1.54, 1.807) is 0 Å².